The molecule has 1 aliphatic heterocycles. The van der Waals surface area contributed by atoms with E-state index >= 15 is 0 Å². The first kappa shape index (κ1) is 23.4. The Morgan fingerprint density at radius 3 is 2.56 bits per heavy atom. The smallest absolute Gasteiger partial charge is 0.243 e. The zero-order valence-corrected chi connectivity index (χ0v) is 18.7. The van der Waals surface area contributed by atoms with Crippen molar-refractivity contribution in [2.45, 2.75) is 11.8 Å². The lowest BCUT2D eigenvalue weighted by atomic mass is 10.2. The van der Waals surface area contributed by atoms with Gasteiger partial charge in [-0.25, -0.2) is 13.4 Å². The van der Waals surface area contributed by atoms with Crippen LogP contribution >= 0.6 is 0 Å². The van der Waals surface area contributed by atoms with Gasteiger partial charge in [0.15, 0.2) is 0 Å². The number of rotatable bonds is 8. The van der Waals surface area contributed by atoms with Crippen LogP contribution in [-0.4, -0.2) is 56.4 Å². The lowest BCUT2D eigenvalue weighted by molar-refractivity contribution is 0.360. The van der Waals surface area contributed by atoms with E-state index in [0.29, 0.717) is 37.7 Å². The van der Waals surface area contributed by atoms with E-state index in [4.69, 9.17) is 0 Å². The highest BCUT2D eigenvalue weighted by Gasteiger charge is 2.25. The molecular weight excluding hydrogens is 426 g/mol. The zero-order chi connectivity index (χ0) is 23.0. The summed E-state index contributed by atoms with van der Waals surface area (Å²) in [7, 11) is -3.50. The van der Waals surface area contributed by atoms with Crippen molar-refractivity contribution in [2.75, 3.05) is 31.5 Å². The normalized spacial score (nSPS) is 16.3. The number of nitrogens with zero attached hydrogens (tertiary/aromatic N) is 3. The Kier molecular flexibility index (Phi) is 7.93. The van der Waals surface area contributed by atoms with Crippen molar-refractivity contribution in [3.05, 3.63) is 72.2 Å². The molecule has 32 heavy (non-hydrogen) atoms. The molecule has 0 saturated carbocycles. The fourth-order valence-corrected chi connectivity index (χ4v) is 4.50. The minimum Gasteiger partial charge on any atom is -0.508 e. The highest BCUT2D eigenvalue weighted by atomic mass is 32.2. The molecule has 1 fully saturated rings. The molecule has 0 spiro atoms. The Bertz CT molecular complexity index is 1130. The van der Waals surface area contributed by atoms with Gasteiger partial charge in [-0.1, -0.05) is 18.2 Å². The van der Waals surface area contributed by atoms with E-state index in [0.717, 1.165) is 11.3 Å². The van der Waals surface area contributed by atoms with Crippen molar-refractivity contribution in [1.29, 1.82) is 0 Å². The first-order chi connectivity index (χ1) is 15.4. The van der Waals surface area contributed by atoms with Gasteiger partial charge in [-0.05, 0) is 61.7 Å². The lowest BCUT2D eigenvalue weighted by Gasteiger charge is -2.26. The lowest BCUT2D eigenvalue weighted by Crippen LogP contribution is -2.46. The van der Waals surface area contributed by atoms with Crippen LogP contribution in [-0.2, 0) is 10.0 Å². The predicted octanol–water partition coefficient (Wildman–Crippen LogP) is 3.07. The maximum atomic E-state index is 12.7. The molecule has 8 nitrogen and oxygen atoms in total. The average molecular weight is 454 g/mol. The number of phenols is 1. The van der Waals surface area contributed by atoms with Crippen molar-refractivity contribution in [3.8, 4) is 5.75 Å². The van der Waals surface area contributed by atoms with Crippen molar-refractivity contribution in [2.24, 2.45) is 9.98 Å². The first-order valence-electron chi connectivity index (χ1n) is 10.1. The van der Waals surface area contributed by atoms with E-state index in [-0.39, 0.29) is 10.6 Å². The number of nitrogens with one attached hydrogen (secondary N) is 2. The van der Waals surface area contributed by atoms with Crippen LogP contribution < -0.4 is 10.6 Å². The van der Waals surface area contributed by atoms with Crippen molar-refractivity contribution < 1.29 is 13.5 Å². The first-order valence-corrected chi connectivity index (χ1v) is 11.6. The molecule has 0 aliphatic carbocycles. The molecule has 3 N–H and O–H groups in total. The molecule has 0 atom stereocenters. The second-order valence-corrected chi connectivity index (χ2v) is 9.11. The third-order valence-corrected chi connectivity index (χ3v) is 6.70. The standard InChI is InChI=1S/C23H27N5O3S/c1-18(6-7-19-4-3-5-21(29)16-19)26-17-23(24-2)27-20-8-10-22(11-9-20)32(30,31)28-14-12-25-13-15-28/h3-11,16-17,25,27,29H,2,12-15H2,1H3/b7-6+,23-17+,26-18+. The SMILES string of the molecule is C=N\C(=C/N=C(C)/C=C/c1cccc(O)c1)Nc1ccc(S(=O)(=O)N2CCNCC2)cc1. The molecule has 0 bridgehead atoms. The molecule has 168 valence electrons. The maximum Gasteiger partial charge on any atom is 0.243 e. The number of benzene rings is 2. The van der Waals surface area contributed by atoms with E-state index in [2.05, 4.69) is 27.3 Å². The van der Waals surface area contributed by atoms with Gasteiger partial charge in [0.05, 0.1) is 11.1 Å². The molecule has 1 heterocycles. The van der Waals surface area contributed by atoms with Crippen LogP contribution in [0.3, 0.4) is 0 Å². The van der Waals surface area contributed by atoms with Gasteiger partial charge in [0, 0.05) is 37.6 Å². The second kappa shape index (κ2) is 10.9. The Hall–Kier alpha value is -3.27. The van der Waals surface area contributed by atoms with Gasteiger partial charge in [-0.2, -0.15) is 4.31 Å². The highest BCUT2D eigenvalue weighted by molar-refractivity contribution is 7.89. The number of sulfonamides is 1. The van der Waals surface area contributed by atoms with Crippen LogP contribution in [0.4, 0.5) is 5.69 Å². The number of allylic oxidation sites excluding steroid dienone is 1. The number of aliphatic imine (C=N–C) groups is 2. The number of aromatic hydroxyl groups is 1. The molecule has 3 rings (SSSR count). The Labute approximate surface area is 188 Å². The van der Waals surface area contributed by atoms with Gasteiger partial charge in [0.1, 0.15) is 11.6 Å². The summed E-state index contributed by atoms with van der Waals surface area (Å²) >= 11 is 0. The summed E-state index contributed by atoms with van der Waals surface area (Å²) < 4.78 is 27.0. The molecule has 1 saturated heterocycles. The highest BCUT2D eigenvalue weighted by Crippen LogP contribution is 2.20. The largest absolute Gasteiger partial charge is 0.508 e. The van der Waals surface area contributed by atoms with Crippen LogP contribution in [0.15, 0.2) is 81.5 Å². The number of hydrogen-bond acceptors (Lipinski definition) is 7. The molecule has 0 radical (unpaired) electrons. The Morgan fingerprint density at radius 1 is 1.19 bits per heavy atom. The van der Waals surface area contributed by atoms with Crippen LogP contribution in [0.5, 0.6) is 5.75 Å². The van der Waals surface area contributed by atoms with E-state index in [9.17, 15) is 13.5 Å². The summed E-state index contributed by atoms with van der Waals surface area (Å²) in [5.41, 5.74) is 2.26. The summed E-state index contributed by atoms with van der Waals surface area (Å²) in [6, 6.07) is 13.4. The summed E-state index contributed by atoms with van der Waals surface area (Å²) in [5, 5.41) is 15.7. The van der Waals surface area contributed by atoms with Crippen LogP contribution in [0, 0.1) is 0 Å². The minimum atomic E-state index is -3.50. The van der Waals surface area contributed by atoms with E-state index in [1.165, 1.54) is 4.31 Å². The fourth-order valence-electron chi connectivity index (χ4n) is 3.06. The van der Waals surface area contributed by atoms with Gasteiger partial charge in [0.25, 0.3) is 0 Å². The van der Waals surface area contributed by atoms with Crippen molar-refractivity contribution in [1.82, 2.24) is 9.62 Å². The molecular formula is C23H27N5O3S. The van der Waals surface area contributed by atoms with E-state index in [1.54, 1.807) is 48.7 Å². The molecule has 1 aliphatic rings. The molecule has 2 aromatic rings. The fraction of sp³-hybridized carbons (Fsp3) is 0.217. The van der Waals surface area contributed by atoms with Gasteiger partial charge < -0.3 is 15.7 Å². The third-order valence-electron chi connectivity index (χ3n) is 4.79. The van der Waals surface area contributed by atoms with Gasteiger partial charge in [-0.15, -0.1) is 0 Å². The molecule has 0 aromatic heterocycles. The Morgan fingerprint density at radius 2 is 1.91 bits per heavy atom. The molecule has 9 heteroatoms. The second-order valence-electron chi connectivity index (χ2n) is 7.17. The van der Waals surface area contributed by atoms with E-state index < -0.39 is 10.0 Å². The molecule has 0 amide bonds. The predicted molar refractivity (Wildman–Crippen MR) is 130 cm³/mol. The minimum absolute atomic E-state index is 0.204. The van der Waals surface area contributed by atoms with Crippen LogP contribution in [0.1, 0.15) is 12.5 Å². The molecule has 0 unspecified atom stereocenters. The van der Waals surface area contributed by atoms with Gasteiger partial charge >= 0.3 is 0 Å². The van der Waals surface area contributed by atoms with Crippen LogP contribution in [0.2, 0.25) is 0 Å². The number of hydrogen-bond donors (Lipinski definition) is 3. The third kappa shape index (κ3) is 6.36. The van der Waals surface area contributed by atoms with Crippen molar-refractivity contribution in [3.63, 3.8) is 0 Å². The van der Waals surface area contributed by atoms with Crippen LogP contribution in [0.25, 0.3) is 6.08 Å². The maximum absolute atomic E-state index is 12.7. The number of phenolic OH excluding ortho intramolecular Hbond substituents is 1. The van der Waals surface area contributed by atoms with E-state index in [1.807, 2.05) is 25.1 Å². The van der Waals surface area contributed by atoms with Gasteiger partial charge in [-0.3, -0.25) is 4.99 Å². The average Bonchev–Trinajstić information content (AvgIpc) is 2.81. The topological polar surface area (TPSA) is 106 Å². The number of piperazine rings is 1. The summed E-state index contributed by atoms with van der Waals surface area (Å²) in [4.78, 5) is 8.54. The monoisotopic (exact) mass is 453 g/mol. The zero-order valence-electron chi connectivity index (χ0n) is 17.9. The summed E-state index contributed by atoms with van der Waals surface area (Å²) in [5.74, 6) is 0.628. The summed E-state index contributed by atoms with van der Waals surface area (Å²) in [6.45, 7) is 7.63. The Balaban J connectivity index is 1.66. The van der Waals surface area contributed by atoms with Gasteiger partial charge in [0.2, 0.25) is 10.0 Å². The summed E-state index contributed by atoms with van der Waals surface area (Å²) in [6.07, 6.45) is 5.21. The number of anilines is 1. The van der Waals surface area contributed by atoms with Crippen molar-refractivity contribution >= 4 is 34.2 Å². The quantitative estimate of drug-likeness (QED) is 0.533. The molecule has 2 aromatic carbocycles.